The molecule has 0 saturated carbocycles. The highest BCUT2D eigenvalue weighted by molar-refractivity contribution is 4.94. The van der Waals surface area contributed by atoms with Gasteiger partial charge in [-0.2, -0.15) is 0 Å². The molecule has 46 heavy (non-hydrogen) atoms. The first-order valence-corrected chi connectivity index (χ1v) is 20.3. The van der Waals surface area contributed by atoms with E-state index in [1.165, 1.54) is 141 Å². The molecule has 0 aromatic carbocycles. The van der Waals surface area contributed by atoms with Gasteiger partial charge < -0.3 is 14.0 Å². The van der Waals surface area contributed by atoms with Crippen LogP contribution in [-0.2, 0) is 9.47 Å². The van der Waals surface area contributed by atoms with Gasteiger partial charge in [-0.15, -0.1) is 0 Å². The molecule has 2 heterocycles. The first-order valence-electron chi connectivity index (χ1n) is 20.3. The summed E-state index contributed by atoms with van der Waals surface area (Å²) in [5.41, 5.74) is 0. The summed E-state index contributed by atoms with van der Waals surface area (Å²) in [7, 11) is 4.70. The number of allylic oxidation sites excluding steroid dienone is 8. The molecule has 2 aliphatic rings. The van der Waals surface area contributed by atoms with Crippen LogP contribution in [0.25, 0.3) is 0 Å². The zero-order valence-electron chi connectivity index (χ0n) is 31.3. The van der Waals surface area contributed by atoms with E-state index in [-0.39, 0.29) is 5.79 Å². The fourth-order valence-corrected chi connectivity index (χ4v) is 6.95. The van der Waals surface area contributed by atoms with Gasteiger partial charge in [-0.05, 0) is 77.0 Å². The monoisotopic (exact) mass is 641 g/mol. The van der Waals surface area contributed by atoms with Crippen molar-refractivity contribution in [2.24, 2.45) is 0 Å². The first kappa shape index (κ1) is 41.0. The lowest BCUT2D eigenvalue weighted by atomic mass is 9.99. The average molecular weight is 641 g/mol. The number of hydrogen-bond acceptors (Lipinski definition) is 2. The molecule has 2 saturated heterocycles. The summed E-state index contributed by atoms with van der Waals surface area (Å²) in [5, 5.41) is 0. The molecule has 2 unspecified atom stereocenters. The van der Waals surface area contributed by atoms with E-state index in [1.54, 1.807) is 0 Å². The predicted octanol–water partition coefficient (Wildman–Crippen LogP) is 13.0. The Morgan fingerprint density at radius 3 is 1.22 bits per heavy atom. The summed E-state index contributed by atoms with van der Waals surface area (Å²) in [6.07, 6.45) is 52.4. The molecular weight excluding hydrogens is 562 g/mol. The Bertz CT molecular complexity index is 759. The standard InChI is InChI=1S/C43H78NO2/c1-5-7-9-11-13-15-17-19-21-23-25-27-29-31-33-35-41-42(46-43(45-41)37-39-44(3,4)40-38-43)36-34-32-30-28-26-24-22-20-18-16-14-12-10-8-6-2/h13-16,19-22,41-42H,5-12,17-18,23-40H2,1-4H3/q+1. The SMILES string of the molecule is CCCCCC=CCC=CCCCCCCCC1OC2(CC[N+](C)(C)CC2)OC1CCCCCCCC=CCC=CCCCCC. The third-order valence-electron chi connectivity index (χ3n) is 10.2. The molecule has 0 bridgehead atoms. The normalized spacial score (nSPS) is 21.3. The molecule has 0 amide bonds. The third kappa shape index (κ3) is 20.3. The number of ether oxygens (including phenoxy) is 2. The fourth-order valence-electron chi connectivity index (χ4n) is 6.95. The van der Waals surface area contributed by atoms with Gasteiger partial charge in [0.05, 0.1) is 52.2 Å². The maximum absolute atomic E-state index is 6.83. The van der Waals surface area contributed by atoms with E-state index in [0.717, 1.165) is 43.3 Å². The smallest absolute Gasteiger partial charge is 0.179 e. The highest BCUT2D eigenvalue weighted by Gasteiger charge is 2.50. The predicted molar refractivity (Wildman–Crippen MR) is 202 cm³/mol. The number of hydrogen-bond donors (Lipinski definition) is 0. The van der Waals surface area contributed by atoms with Crippen LogP contribution in [0.5, 0.6) is 0 Å². The molecule has 0 N–H and O–H groups in total. The molecule has 2 fully saturated rings. The fraction of sp³-hybridized carbons (Fsp3) is 0.814. The van der Waals surface area contributed by atoms with E-state index in [9.17, 15) is 0 Å². The largest absolute Gasteiger partial charge is 0.343 e. The van der Waals surface area contributed by atoms with Crippen LogP contribution >= 0.6 is 0 Å². The van der Waals surface area contributed by atoms with Gasteiger partial charge in [-0.25, -0.2) is 0 Å². The van der Waals surface area contributed by atoms with Crippen molar-refractivity contribution in [2.75, 3.05) is 27.2 Å². The van der Waals surface area contributed by atoms with E-state index in [2.05, 4.69) is 76.6 Å². The highest BCUT2D eigenvalue weighted by Crippen LogP contribution is 2.41. The minimum absolute atomic E-state index is 0.294. The molecular formula is C43H78NO2+. The molecule has 2 rings (SSSR count). The van der Waals surface area contributed by atoms with Gasteiger partial charge in [0.25, 0.3) is 0 Å². The van der Waals surface area contributed by atoms with Gasteiger partial charge in [-0.1, -0.05) is 140 Å². The van der Waals surface area contributed by atoms with Gasteiger partial charge in [0, 0.05) is 0 Å². The van der Waals surface area contributed by atoms with Crippen LogP contribution in [0.4, 0.5) is 0 Å². The third-order valence-corrected chi connectivity index (χ3v) is 10.2. The number of rotatable bonds is 28. The molecule has 3 nitrogen and oxygen atoms in total. The maximum atomic E-state index is 6.83. The molecule has 2 aliphatic heterocycles. The Morgan fingerprint density at radius 2 is 0.826 bits per heavy atom. The molecule has 0 aromatic heterocycles. The summed E-state index contributed by atoms with van der Waals surface area (Å²) in [4.78, 5) is 0. The minimum Gasteiger partial charge on any atom is -0.343 e. The van der Waals surface area contributed by atoms with Crippen molar-refractivity contribution in [3.63, 3.8) is 0 Å². The topological polar surface area (TPSA) is 18.5 Å². The number of likely N-dealkylation sites (tertiary alicyclic amines) is 1. The van der Waals surface area contributed by atoms with Crippen LogP contribution in [0.2, 0.25) is 0 Å². The summed E-state index contributed by atoms with van der Waals surface area (Å²) in [6.45, 7) is 6.86. The lowest BCUT2D eigenvalue weighted by Gasteiger charge is -2.41. The van der Waals surface area contributed by atoms with Crippen molar-refractivity contribution >= 4 is 0 Å². The van der Waals surface area contributed by atoms with Crippen molar-refractivity contribution in [3.05, 3.63) is 48.6 Å². The van der Waals surface area contributed by atoms with Crippen LogP contribution in [-0.4, -0.2) is 49.7 Å². The Labute approximate surface area is 287 Å². The highest BCUT2D eigenvalue weighted by atomic mass is 16.8. The Kier molecular flexibility index (Phi) is 23.9. The Hall–Kier alpha value is -1.16. The lowest BCUT2D eigenvalue weighted by Crippen LogP contribution is -2.53. The van der Waals surface area contributed by atoms with Gasteiger partial charge >= 0.3 is 0 Å². The second-order valence-corrected chi connectivity index (χ2v) is 15.1. The van der Waals surface area contributed by atoms with Crippen LogP contribution in [0, 0.1) is 0 Å². The zero-order valence-corrected chi connectivity index (χ0v) is 31.3. The second-order valence-electron chi connectivity index (χ2n) is 15.1. The van der Waals surface area contributed by atoms with E-state index >= 15 is 0 Å². The van der Waals surface area contributed by atoms with Gasteiger partial charge in [0.1, 0.15) is 0 Å². The Morgan fingerprint density at radius 1 is 0.478 bits per heavy atom. The molecule has 266 valence electrons. The number of nitrogens with zero attached hydrogens (tertiary/aromatic N) is 1. The minimum atomic E-state index is -0.294. The molecule has 2 atom stereocenters. The van der Waals surface area contributed by atoms with Crippen molar-refractivity contribution in [1.82, 2.24) is 0 Å². The van der Waals surface area contributed by atoms with Crippen molar-refractivity contribution < 1.29 is 14.0 Å². The molecule has 3 heteroatoms. The van der Waals surface area contributed by atoms with E-state index in [1.807, 2.05) is 0 Å². The van der Waals surface area contributed by atoms with Gasteiger partial charge in [0.2, 0.25) is 0 Å². The molecule has 0 aromatic rings. The van der Waals surface area contributed by atoms with Crippen LogP contribution < -0.4 is 0 Å². The summed E-state index contributed by atoms with van der Waals surface area (Å²) in [5.74, 6) is -0.294. The second kappa shape index (κ2) is 26.8. The Balaban J connectivity index is 1.57. The van der Waals surface area contributed by atoms with Gasteiger partial charge in [-0.3, -0.25) is 0 Å². The molecule has 0 radical (unpaired) electrons. The summed E-state index contributed by atoms with van der Waals surface area (Å²) < 4.78 is 14.8. The van der Waals surface area contributed by atoms with E-state index in [4.69, 9.17) is 9.47 Å². The number of piperidine rings is 1. The summed E-state index contributed by atoms with van der Waals surface area (Å²) >= 11 is 0. The van der Waals surface area contributed by atoms with E-state index in [0.29, 0.717) is 12.2 Å². The van der Waals surface area contributed by atoms with Gasteiger partial charge in [0.15, 0.2) is 5.79 Å². The quantitative estimate of drug-likeness (QED) is 0.0481. The van der Waals surface area contributed by atoms with E-state index < -0.39 is 0 Å². The molecule has 1 spiro atoms. The van der Waals surface area contributed by atoms with Crippen LogP contribution in [0.3, 0.4) is 0 Å². The number of unbranched alkanes of at least 4 members (excludes halogenated alkanes) is 16. The summed E-state index contributed by atoms with van der Waals surface area (Å²) in [6, 6.07) is 0. The first-order chi connectivity index (χ1) is 22.5. The van der Waals surface area contributed by atoms with Crippen molar-refractivity contribution in [1.29, 1.82) is 0 Å². The van der Waals surface area contributed by atoms with Crippen molar-refractivity contribution in [3.8, 4) is 0 Å². The maximum Gasteiger partial charge on any atom is 0.179 e. The lowest BCUT2D eigenvalue weighted by molar-refractivity contribution is -0.898. The van der Waals surface area contributed by atoms with Crippen molar-refractivity contribution in [2.45, 2.75) is 199 Å². The average Bonchev–Trinajstić information content (AvgIpc) is 3.39. The number of quaternary nitrogens is 1. The zero-order chi connectivity index (χ0) is 33.0. The molecule has 0 aliphatic carbocycles. The van der Waals surface area contributed by atoms with Crippen LogP contribution in [0.1, 0.15) is 181 Å². The van der Waals surface area contributed by atoms with Crippen LogP contribution in [0.15, 0.2) is 48.6 Å².